The minimum atomic E-state index is -1.08. The number of rotatable bonds is 5. The van der Waals surface area contributed by atoms with Crippen molar-refractivity contribution in [3.8, 4) is 0 Å². The molecular weight excluding hydrogens is 256 g/mol. The Labute approximate surface area is 109 Å². The number of carboxylic acids is 1. The largest absolute Gasteiger partial charge is 0.476 e. The highest BCUT2D eigenvalue weighted by molar-refractivity contribution is 7.09. The lowest BCUT2D eigenvalue weighted by atomic mass is 10.1. The summed E-state index contributed by atoms with van der Waals surface area (Å²) in [6, 6.07) is -0.356. The van der Waals surface area contributed by atoms with Gasteiger partial charge in [0.05, 0.1) is 6.04 Å². The maximum atomic E-state index is 11.8. The highest BCUT2D eigenvalue weighted by Gasteiger charge is 2.28. The zero-order valence-corrected chi connectivity index (χ0v) is 11.5. The molecule has 100 valence electrons. The molecule has 18 heavy (non-hydrogen) atoms. The number of hydrogen-bond acceptors (Lipinski definition) is 5. The zero-order chi connectivity index (χ0) is 13.9. The molecule has 6 nitrogen and oxygen atoms in total. The summed E-state index contributed by atoms with van der Waals surface area (Å²) in [5, 5.41) is 13.5. The average molecular weight is 272 g/mol. The second-order valence-corrected chi connectivity index (χ2v) is 5.18. The fourth-order valence-electron chi connectivity index (χ4n) is 1.11. The number of ether oxygens (including phenoxy) is 1. The van der Waals surface area contributed by atoms with Gasteiger partial charge >= 0.3 is 5.97 Å². The molecule has 0 saturated carbocycles. The van der Waals surface area contributed by atoms with Gasteiger partial charge in [-0.15, -0.1) is 11.3 Å². The topological polar surface area (TPSA) is 88.5 Å². The van der Waals surface area contributed by atoms with Crippen molar-refractivity contribution in [3.63, 3.8) is 0 Å². The Morgan fingerprint density at radius 3 is 2.61 bits per heavy atom. The summed E-state index contributed by atoms with van der Waals surface area (Å²) in [7, 11) is 1.45. The summed E-state index contributed by atoms with van der Waals surface area (Å²) in [5.74, 6) is -1.35. The molecule has 0 aliphatic rings. The molecule has 1 atom stereocenters. The lowest BCUT2D eigenvalue weighted by Crippen LogP contribution is -2.44. The molecule has 0 aliphatic carbocycles. The highest BCUT2D eigenvalue weighted by Crippen LogP contribution is 2.19. The van der Waals surface area contributed by atoms with Crippen LogP contribution in [0.25, 0.3) is 0 Å². The van der Waals surface area contributed by atoms with Gasteiger partial charge in [0.2, 0.25) is 0 Å². The average Bonchev–Trinajstić information content (AvgIpc) is 2.78. The Kier molecular flexibility index (Phi) is 4.42. The number of carbonyl (C=O) groups is 2. The monoisotopic (exact) mass is 272 g/mol. The third-order valence-electron chi connectivity index (χ3n) is 2.52. The molecule has 1 heterocycles. The summed E-state index contributed by atoms with van der Waals surface area (Å²) < 4.78 is 5.06. The van der Waals surface area contributed by atoms with Crippen molar-refractivity contribution < 1.29 is 19.4 Å². The molecule has 0 saturated heterocycles. The summed E-state index contributed by atoms with van der Waals surface area (Å²) in [5.41, 5.74) is -0.941. The van der Waals surface area contributed by atoms with Crippen LogP contribution in [0, 0.1) is 0 Å². The van der Waals surface area contributed by atoms with Gasteiger partial charge in [-0.05, 0) is 20.8 Å². The fourth-order valence-corrected chi connectivity index (χ4v) is 1.91. The van der Waals surface area contributed by atoms with Crippen LogP contribution in [0.4, 0.5) is 0 Å². The Morgan fingerprint density at radius 2 is 2.17 bits per heavy atom. The normalized spacial score (nSPS) is 13.1. The van der Waals surface area contributed by atoms with Gasteiger partial charge in [0.15, 0.2) is 5.69 Å². The summed E-state index contributed by atoms with van der Waals surface area (Å²) in [4.78, 5) is 26.5. The lowest BCUT2D eigenvalue weighted by Gasteiger charge is -2.23. The minimum absolute atomic E-state index is 0.0119. The Balaban J connectivity index is 2.73. The van der Waals surface area contributed by atoms with Gasteiger partial charge in [0.25, 0.3) is 5.91 Å². The number of aromatic nitrogens is 1. The predicted octanol–water partition coefficient (Wildman–Crippen LogP) is 1.44. The third kappa shape index (κ3) is 3.27. The van der Waals surface area contributed by atoms with Crippen LogP contribution in [0.5, 0.6) is 0 Å². The number of nitrogens with one attached hydrogen (secondary N) is 1. The molecule has 1 unspecified atom stereocenters. The Hall–Kier alpha value is -1.47. The van der Waals surface area contributed by atoms with Crippen molar-refractivity contribution in [1.82, 2.24) is 10.3 Å². The van der Waals surface area contributed by atoms with Crippen molar-refractivity contribution in [2.45, 2.75) is 32.4 Å². The molecule has 1 amide bonds. The van der Waals surface area contributed by atoms with E-state index in [4.69, 9.17) is 9.84 Å². The van der Waals surface area contributed by atoms with Gasteiger partial charge < -0.3 is 15.2 Å². The first-order valence-corrected chi connectivity index (χ1v) is 6.20. The van der Waals surface area contributed by atoms with Crippen molar-refractivity contribution in [1.29, 1.82) is 0 Å². The van der Waals surface area contributed by atoms with E-state index >= 15 is 0 Å². The van der Waals surface area contributed by atoms with E-state index in [-0.39, 0.29) is 17.6 Å². The van der Waals surface area contributed by atoms with E-state index in [1.165, 1.54) is 23.8 Å². The van der Waals surface area contributed by atoms with Crippen LogP contribution in [0.3, 0.4) is 0 Å². The van der Waals surface area contributed by atoms with Crippen molar-refractivity contribution in [2.24, 2.45) is 0 Å². The first-order valence-electron chi connectivity index (χ1n) is 5.32. The second-order valence-electron chi connectivity index (χ2n) is 4.29. The SMILES string of the molecule is COC(C)(C)C(=O)NC(C)c1nc(C(=O)O)cs1. The van der Waals surface area contributed by atoms with Gasteiger partial charge in [-0.2, -0.15) is 0 Å². The predicted molar refractivity (Wildman–Crippen MR) is 66.7 cm³/mol. The standard InChI is InChI=1S/C11H16N2O4S/c1-6(12-10(16)11(2,3)17-4)8-13-7(5-18-8)9(14)15/h5-6H,1-4H3,(H,12,16)(H,14,15). The molecule has 0 aliphatic heterocycles. The van der Waals surface area contributed by atoms with Gasteiger partial charge in [0, 0.05) is 12.5 Å². The number of hydrogen-bond donors (Lipinski definition) is 2. The maximum absolute atomic E-state index is 11.8. The van der Waals surface area contributed by atoms with Crippen LogP contribution in [-0.4, -0.2) is 34.7 Å². The van der Waals surface area contributed by atoms with Crippen LogP contribution in [0.2, 0.25) is 0 Å². The van der Waals surface area contributed by atoms with Crippen molar-refractivity contribution >= 4 is 23.2 Å². The molecule has 0 bridgehead atoms. The molecule has 0 fully saturated rings. The summed E-state index contributed by atoms with van der Waals surface area (Å²) in [6.07, 6.45) is 0. The Morgan fingerprint density at radius 1 is 1.56 bits per heavy atom. The third-order valence-corrected chi connectivity index (χ3v) is 3.54. The molecule has 0 aromatic carbocycles. The molecule has 7 heteroatoms. The van der Waals surface area contributed by atoms with Crippen LogP contribution in [-0.2, 0) is 9.53 Å². The maximum Gasteiger partial charge on any atom is 0.355 e. The van der Waals surface area contributed by atoms with Gasteiger partial charge in [-0.3, -0.25) is 4.79 Å². The molecule has 1 aromatic heterocycles. The first-order chi connectivity index (χ1) is 8.27. The number of methoxy groups -OCH3 is 1. The first kappa shape index (κ1) is 14.6. The summed E-state index contributed by atoms with van der Waals surface area (Å²) in [6.45, 7) is 5.05. The van der Waals surface area contributed by atoms with E-state index in [2.05, 4.69) is 10.3 Å². The minimum Gasteiger partial charge on any atom is -0.476 e. The number of carbonyl (C=O) groups excluding carboxylic acids is 1. The van der Waals surface area contributed by atoms with E-state index in [9.17, 15) is 9.59 Å². The number of aromatic carboxylic acids is 1. The van der Waals surface area contributed by atoms with Crippen LogP contribution < -0.4 is 5.32 Å². The number of nitrogens with zero attached hydrogens (tertiary/aromatic N) is 1. The quantitative estimate of drug-likeness (QED) is 0.846. The van der Waals surface area contributed by atoms with Gasteiger partial charge in [-0.1, -0.05) is 0 Å². The second kappa shape index (κ2) is 5.45. The molecule has 0 spiro atoms. The number of amides is 1. The van der Waals surface area contributed by atoms with Crippen molar-refractivity contribution in [2.75, 3.05) is 7.11 Å². The lowest BCUT2D eigenvalue weighted by molar-refractivity contribution is -0.140. The molecular formula is C11H16N2O4S. The van der Waals surface area contributed by atoms with Crippen LogP contribution >= 0.6 is 11.3 Å². The zero-order valence-electron chi connectivity index (χ0n) is 10.7. The van der Waals surface area contributed by atoms with Crippen LogP contribution in [0.15, 0.2) is 5.38 Å². The smallest absolute Gasteiger partial charge is 0.355 e. The van der Waals surface area contributed by atoms with E-state index in [1.54, 1.807) is 20.8 Å². The molecule has 1 aromatic rings. The van der Waals surface area contributed by atoms with Gasteiger partial charge in [-0.25, -0.2) is 9.78 Å². The van der Waals surface area contributed by atoms with E-state index in [0.29, 0.717) is 5.01 Å². The number of thiazole rings is 1. The molecule has 1 rings (SSSR count). The van der Waals surface area contributed by atoms with E-state index in [1.807, 2.05) is 0 Å². The van der Waals surface area contributed by atoms with E-state index in [0.717, 1.165) is 0 Å². The molecule has 2 N–H and O–H groups in total. The highest BCUT2D eigenvalue weighted by atomic mass is 32.1. The Bertz CT molecular complexity index is 456. The van der Waals surface area contributed by atoms with Crippen molar-refractivity contribution in [3.05, 3.63) is 16.1 Å². The van der Waals surface area contributed by atoms with Crippen LogP contribution in [0.1, 0.15) is 42.3 Å². The fraction of sp³-hybridized carbons (Fsp3) is 0.545. The molecule has 0 radical (unpaired) electrons. The van der Waals surface area contributed by atoms with Gasteiger partial charge in [0.1, 0.15) is 10.6 Å². The number of carboxylic acid groups (broad SMARTS) is 1. The van der Waals surface area contributed by atoms with E-state index < -0.39 is 11.6 Å². The summed E-state index contributed by atoms with van der Waals surface area (Å²) >= 11 is 1.20.